The van der Waals surface area contributed by atoms with Gasteiger partial charge in [-0.05, 0) is 63.0 Å². The summed E-state index contributed by atoms with van der Waals surface area (Å²) in [4.78, 5) is 0. The van der Waals surface area contributed by atoms with Gasteiger partial charge in [-0.3, -0.25) is 0 Å². The molecule has 2 heteroatoms. The highest BCUT2D eigenvalue weighted by Crippen LogP contribution is 2.57. The van der Waals surface area contributed by atoms with Gasteiger partial charge in [0.2, 0.25) is 0 Å². The molecule has 3 atom stereocenters. The van der Waals surface area contributed by atoms with Gasteiger partial charge in [-0.1, -0.05) is 24.6 Å². The molecule has 2 fully saturated rings. The zero-order valence-corrected chi connectivity index (χ0v) is 13.0. The lowest BCUT2D eigenvalue weighted by atomic mass is 9.88. The predicted octanol–water partition coefficient (Wildman–Crippen LogP) is 4.09. The molecule has 2 nitrogen and oxygen atoms in total. The van der Waals surface area contributed by atoms with E-state index in [2.05, 4.69) is 37.4 Å². The first kappa shape index (κ1) is 13.9. The number of rotatable bonds is 6. The molecule has 0 aliphatic heterocycles. The van der Waals surface area contributed by atoms with Crippen molar-refractivity contribution in [2.45, 2.75) is 45.6 Å². The van der Waals surface area contributed by atoms with Crippen molar-refractivity contribution in [2.24, 2.45) is 17.8 Å². The van der Waals surface area contributed by atoms with Gasteiger partial charge in [0.15, 0.2) is 0 Å². The second kappa shape index (κ2) is 5.77. The van der Waals surface area contributed by atoms with Gasteiger partial charge in [0.25, 0.3) is 0 Å². The Hall–Kier alpha value is -1.02. The van der Waals surface area contributed by atoms with Crippen LogP contribution in [0.25, 0.3) is 0 Å². The van der Waals surface area contributed by atoms with E-state index in [1.54, 1.807) is 7.11 Å². The van der Waals surface area contributed by atoms with Gasteiger partial charge < -0.3 is 10.1 Å². The van der Waals surface area contributed by atoms with Crippen molar-refractivity contribution in [3.05, 3.63) is 29.3 Å². The van der Waals surface area contributed by atoms with Crippen LogP contribution in [-0.4, -0.2) is 13.7 Å². The van der Waals surface area contributed by atoms with E-state index in [0.717, 1.165) is 30.0 Å². The molecular weight excluding hydrogens is 246 g/mol. The first-order valence-corrected chi connectivity index (χ1v) is 8.10. The van der Waals surface area contributed by atoms with Crippen molar-refractivity contribution in [2.75, 3.05) is 13.7 Å². The molecule has 2 aliphatic rings. The van der Waals surface area contributed by atoms with Crippen LogP contribution in [0.4, 0.5) is 0 Å². The minimum absolute atomic E-state index is 0.470. The SMILES string of the molecule is CCCNC(c1cc(C)ccc1OC)C1CC2CC2C1. The number of methoxy groups -OCH3 is 1. The first-order valence-electron chi connectivity index (χ1n) is 8.10. The first-order chi connectivity index (χ1) is 9.72. The third-order valence-corrected chi connectivity index (χ3v) is 5.09. The molecule has 3 rings (SSSR count). The molecule has 2 saturated carbocycles. The standard InChI is InChI=1S/C18H27NO/c1-4-7-19-18(15-10-13-9-14(13)11-15)16-8-12(2)5-6-17(16)20-3/h5-6,8,13-15,18-19H,4,7,9-11H2,1-3H3. The van der Waals surface area contributed by atoms with E-state index in [0.29, 0.717) is 6.04 Å². The third-order valence-electron chi connectivity index (χ3n) is 5.09. The number of benzene rings is 1. The number of aryl methyl sites for hydroxylation is 1. The Morgan fingerprint density at radius 2 is 2.00 bits per heavy atom. The van der Waals surface area contributed by atoms with Crippen molar-refractivity contribution >= 4 is 0 Å². The van der Waals surface area contributed by atoms with Crippen molar-refractivity contribution in [1.82, 2.24) is 5.32 Å². The van der Waals surface area contributed by atoms with E-state index in [-0.39, 0.29) is 0 Å². The van der Waals surface area contributed by atoms with Gasteiger partial charge >= 0.3 is 0 Å². The maximum absolute atomic E-state index is 5.62. The van der Waals surface area contributed by atoms with Crippen LogP contribution in [0.1, 0.15) is 49.8 Å². The Bertz CT molecular complexity index is 460. The highest BCUT2D eigenvalue weighted by Gasteiger charge is 2.48. The number of hydrogen-bond donors (Lipinski definition) is 1. The molecule has 110 valence electrons. The smallest absolute Gasteiger partial charge is 0.123 e. The van der Waals surface area contributed by atoms with E-state index < -0.39 is 0 Å². The summed E-state index contributed by atoms with van der Waals surface area (Å²) in [5.41, 5.74) is 2.69. The number of hydrogen-bond acceptors (Lipinski definition) is 2. The van der Waals surface area contributed by atoms with Crippen LogP contribution in [0.15, 0.2) is 18.2 Å². The summed E-state index contributed by atoms with van der Waals surface area (Å²) < 4.78 is 5.62. The fourth-order valence-electron chi connectivity index (χ4n) is 3.96. The maximum Gasteiger partial charge on any atom is 0.123 e. The molecular formula is C18H27NO. The average Bonchev–Trinajstić information content (AvgIpc) is 3.06. The topological polar surface area (TPSA) is 21.3 Å². The summed E-state index contributed by atoms with van der Waals surface area (Å²) in [6, 6.07) is 7.06. The molecule has 2 aliphatic carbocycles. The normalized spacial score (nSPS) is 29.1. The third kappa shape index (κ3) is 2.71. The molecule has 0 saturated heterocycles. The molecule has 1 N–H and O–H groups in total. The van der Waals surface area contributed by atoms with Crippen LogP contribution < -0.4 is 10.1 Å². The van der Waals surface area contributed by atoms with E-state index in [1.165, 1.54) is 36.8 Å². The number of nitrogens with one attached hydrogen (secondary N) is 1. The van der Waals surface area contributed by atoms with Gasteiger partial charge in [0.1, 0.15) is 5.75 Å². The summed E-state index contributed by atoms with van der Waals surface area (Å²) in [6.45, 7) is 5.50. The Balaban J connectivity index is 1.85. The van der Waals surface area contributed by atoms with Crippen LogP contribution in [-0.2, 0) is 0 Å². The Morgan fingerprint density at radius 1 is 1.25 bits per heavy atom. The average molecular weight is 273 g/mol. The molecule has 0 radical (unpaired) electrons. The molecule has 0 spiro atoms. The van der Waals surface area contributed by atoms with Gasteiger partial charge in [-0.25, -0.2) is 0 Å². The fourth-order valence-corrected chi connectivity index (χ4v) is 3.96. The maximum atomic E-state index is 5.62. The zero-order valence-electron chi connectivity index (χ0n) is 13.0. The van der Waals surface area contributed by atoms with Gasteiger partial charge in [-0.2, -0.15) is 0 Å². The lowest BCUT2D eigenvalue weighted by Gasteiger charge is -2.28. The Morgan fingerprint density at radius 3 is 2.65 bits per heavy atom. The lowest BCUT2D eigenvalue weighted by Crippen LogP contribution is -2.29. The van der Waals surface area contributed by atoms with E-state index in [9.17, 15) is 0 Å². The molecule has 1 aromatic rings. The van der Waals surface area contributed by atoms with Crippen molar-refractivity contribution in [3.63, 3.8) is 0 Å². The summed E-state index contributed by atoms with van der Waals surface area (Å²) in [5, 5.41) is 3.79. The highest BCUT2D eigenvalue weighted by molar-refractivity contribution is 5.39. The van der Waals surface area contributed by atoms with Gasteiger partial charge in [-0.15, -0.1) is 0 Å². The minimum Gasteiger partial charge on any atom is -0.496 e. The second-order valence-electron chi connectivity index (χ2n) is 6.66. The number of ether oxygens (including phenoxy) is 1. The van der Waals surface area contributed by atoms with Crippen molar-refractivity contribution < 1.29 is 4.74 Å². The van der Waals surface area contributed by atoms with Crippen molar-refractivity contribution in [1.29, 1.82) is 0 Å². The molecule has 1 aromatic carbocycles. The Labute approximate surface area is 122 Å². The Kier molecular flexibility index (Phi) is 4.02. The summed E-state index contributed by atoms with van der Waals surface area (Å²) in [7, 11) is 1.79. The van der Waals surface area contributed by atoms with Gasteiger partial charge in [0, 0.05) is 11.6 Å². The van der Waals surface area contributed by atoms with Crippen LogP contribution in [0.3, 0.4) is 0 Å². The van der Waals surface area contributed by atoms with E-state index in [1.807, 2.05) is 0 Å². The molecule has 0 amide bonds. The van der Waals surface area contributed by atoms with E-state index >= 15 is 0 Å². The zero-order chi connectivity index (χ0) is 14.1. The molecule has 3 unspecified atom stereocenters. The fraction of sp³-hybridized carbons (Fsp3) is 0.667. The molecule has 0 aromatic heterocycles. The lowest BCUT2D eigenvalue weighted by molar-refractivity contribution is 0.326. The summed E-state index contributed by atoms with van der Waals surface area (Å²) in [6.07, 6.45) is 5.48. The predicted molar refractivity (Wildman–Crippen MR) is 83.1 cm³/mol. The quantitative estimate of drug-likeness (QED) is 0.843. The molecule has 0 heterocycles. The van der Waals surface area contributed by atoms with Crippen LogP contribution >= 0.6 is 0 Å². The van der Waals surface area contributed by atoms with Crippen LogP contribution in [0, 0.1) is 24.7 Å². The minimum atomic E-state index is 0.470. The van der Waals surface area contributed by atoms with Crippen LogP contribution in [0.2, 0.25) is 0 Å². The number of fused-ring (bicyclic) bond motifs is 1. The summed E-state index contributed by atoms with van der Waals surface area (Å²) >= 11 is 0. The molecule has 20 heavy (non-hydrogen) atoms. The largest absolute Gasteiger partial charge is 0.496 e. The molecule has 0 bridgehead atoms. The van der Waals surface area contributed by atoms with Gasteiger partial charge in [0.05, 0.1) is 7.11 Å². The van der Waals surface area contributed by atoms with E-state index in [4.69, 9.17) is 4.74 Å². The van der Waals surface area contributed by atoms with Crippen molar-refractivity contribution in [3.8, 4) is 5.75 Å². The highest BCUT2D eigenvalue weighted by atomic mass is 16.5. The monoisotopic (exact) mass is 273 g/mol. The van der Waals surface area contributed by atoms with Crippen LogP contribution in [0.5, 0.6) is 5.75 Å². The summed E-state index contributed by atoms with van der Waals surface area (Å²) in [5.74, 6) is 3.90. The second-order valence-corrected chi connectivity index (χ2v) is 6.66.